The Morgan fingerprint density at radius 3 is 2.69 bits per heavy atom. The van der Waals surface area contributed by atoms with Crippen LogP contribution in [0.3, 0.4) is 0 Å². The Morgan fingerprint density at radius 1 is 1.06 bits per heavy atom. The zero-order valence-electron chi connectivity index (χ0n) is 19.3. The van der Waals surface area contributed by atoms with Crippen LogP contribution in [0.2, 0.25) is 0 Å². The molecule has 0 aliphatic carbocycles. The van der Waals surface area contributed by atoms with E-state index in [2.05, 4.69) is 20.5 Å². The van der Waals surface area contributed by atoms with E-state index >= 15 is 0 Å². The number of hydrogen-bond acceptors (Lipinski definition) is 7. The molecule has 1 aliphatic rings. The van der Waals surface area contributed by atoms with Crippen molar-refractivity contribution in [2.24, 2.45) is 0 Å². The van der Waals surface area contributed by atoms with E-state index < -0.39 is 0 Å². The average Bonchev–Trinajstić information content (AvgIpc) is 3.18. The highest BCUT2D eigenvalue weighted by Gasteiger charge is 2.19. The normalized spacial score (nSPS) is 13.6. The first kappa shape index (κ1) is 22.9. The van der Waals surface area contributed by atoms with Crippen LogP contribution < -0.4 is 14.8 Å². The Labute approximate surface area is 207 Å². The molecule has 0 fully saturated rings. The molecule has 1 aliphatic heterocycles. The van der Waals surface area contributed by atoms with E-state index in [1.807, 2.05) is 72.2 Å². The van der Waals surface area contributed by atoms with Gasteiger partial charge in [0, 0.05) is 30.1 Å². The van der Waals surface area contributed by atoms with Crippen LogP contribution in [-0.4, -0.2) is 44.6 Å². The number of benzene rings is 2. The molecular formula is C26H25N5O3S. The van der Waals surface area contributed by atoms with Gasteiger partial charge in [-0.25, -0.2) is 0 Å². The lowest BCUT2D eigenvalue weighted by Gasteiger charge is -2.16. The van der Waals surface area contributed by atoms with Crippen molar-refractivity contribution in [3.05, 3.63) is 78.6 Å². The highest BCUT2D eigenvalue weighted by molar-refractivity contribution is 7.99. The van der Waals surface area contributed by atoms with E-state index in [1.54, 1.807) is 12.4 Å². The Bertz CT molecular complexity index is 1300. The Morgan fingerprint density at radius 2 is 1.89 bits per heavy atom. The predicted molar refractivity (Wildman–Crippen MR) is 134 cm³/mol. The van der Waals surface area contributed by atoms with Gasteiger partial charge in [-0.1, -0.05) is 36.0 Å². The van der Waals surface area contributed by atoms with Gasteiger partial charge in [0.15, 0.2) is 22.5 Å². The van der Waals surface area contributed by atoms with Crippen molar-refractivity contribution in [3.8, 4) is 28.6 Å². The van der Waals surface area contributed by atoms with Gasteiger partial charge in [-0.05, 0) is 48.9 Å². The van der Waals surface area contributed by atoms with Crippen LogP contribution in [0.1, 0.15) is 24.9 Å². The number of para-hydroxylation sites is 1. The first-order valence-corrected chi connectivity index (χ1v) is 12.4. The lowest BCUT2D eigenvalue weighted by molar-refractivity contribution is -0.119. The van der Waals surface area contributed by atoms with Crippen LogP contribution in [0.5, 0.6) is 11.5 Å². The lowest BCUT2D eigenvalue weighted by atomic mass is 10.1. The minimum atomic E-state index is -0.182. The summed E-state index contributed by atoms with van der Waals surface area (Å²) >= 11 is 1.34. The summed E-state index contributed by atoms with van der Waals surface area (Å²) in [5.74, 6) is 2.24. The minimum Gasteiger partial charge on any atom is -0.490 e. The molecule has 0 bridgehead atoms. The standard InChI is InChI=1S/C26H25N5O3S/c1-18(19-10-11-22-23(15-19)34-14-6-13-33-22)28-24(32)17-35-26-30-29-25(20-7-5-12-27-16-20)31(26)21-8-3-2-4-9-21/h2-5,7-12,15-16,18H,6,13-14,17H2,1H3,(H,28,32). The first-order valence-electron chi connectivity index (χ1n) is 11.4. The van der Waals surface area contributed by atoms with Crippen LogP contribution in [0.4, 0.5) is 0 Å². The van der Waals surface area contributed by atoms with Crippen molar-refractivity contribution in [2.45, 2.75) is 24.5 Å². The van der Waals surface area contributed by atoms with Crippen LogP contribution in [-0.2, 0) is 4.79 Å². The van der Waals surface area contributed by atoms with Crippen molar-refractivity contribution >= 4 is 17.7 Å². The van der Waals surface area contributed by atoms with E-state index in [-0.39, 0.29) is 17.7 Å². The highest BCUT2D eigenvalue weighted by atomic mass is 32.2. The number of ether oxygens (including phenoxy) is 2. The molecule has 1 unspecified atom stereocenters. The molecule has 4 aromatic rings. The summed E-state index contributed by atoms with van der Waals surface area (Å²) in [4.78, 5) is 17.0. The molecule has 1 N–H and O–H groups in total. The van der Waals surface area contributed by atoms with Gasteiger partial charge < -0.3 is 14.8 Å². The van der Waals surface area contributed by atoms with E-state index in [0.717, 1.165) is 34.7 Å². The predicted octanol–water partition coefficient (Wildman–Crippen LogP) is 4.46. The van der Waals surface area contributed by atoms with Crippen LogP contribution in [0.15, 0.2) is 78.2 Å². The molecular weight excluding hydrogens is 462 g/mol. The third-order valence-electron chi connectivity index (χ3n) is 5.55. The third-order valence-corrected chi connectivity index (χ3v) is 6.48. The van der Waals surface area contributed by atoms with Crippen LogP contribution in [0, 0.1) is 0 Å². The Hall–Kier alpha value is -3.85. The number of pyridine rings is 1. The topological polar surface area (TPSA) is 91.2 Å². The quantitative estimate of drug-likeness (QED) is 0.385. The maximum Gasteiger partial charge on any atom is 0.230 e. The molecule has 8 nitrogen and oxygen atoms in total. The van der Waals surface area contributed by atoms with Crippen molar-refractivity contribution in [2.75, 3.05) is 19.0 Å². The molecule has 0 spiro atoms. The van der Waals surface area contributed by atoms with Gasteiger partial charge in [0.05, 0.1) is 25.0 Å². The summed E-state index contributed by atoms with van der Waals surface area (Å²) in [6.07, 6.45) is 4.32. The number of carbonyl (C=O) groups is 1. The molecule has 1 amide bonds. The zero-order valence-corrected chi connectivity index (χ0v) is 20.1. The summed E-state index contributed by atoms with van der Waals surface area (Å²) in [5.41, 5.74) is 2.72. The first-order chi connectivity index (χ1) is 17.2. The fourth-order valence-corrected chi connectivity index (χ4v) is 4.56. The second-order valence-corrected chi connectivity index (χ2v) is 9.00. The molecule has 1 atom stereocenters. The van der Waals surface area contributed by atoms with Gasteiger partial charge in [0.2, 0.25) is 5.91 Å². The average molecular weight is 488 g/mol. The monoisotopic (exact) mass is 487 g/mol. The van der Waals surface area contributed by atoms with Gasteiger partial charge >= 0.3 is 0 Å². The highest BCUT2D eigenvalue weighted by Crippen LogP contribution is 2.32. The fourth-order valence-electron chi connectivity index (χ4n) is 3.80. The van der Waals surface area contributed by atoms with Crippen molar-refractivity contribution < 1.29 is 14.3 Å². The summed E-state index contributed by atoms with van der Waals surface area (Å²) in [5, 5.41) is 12.5. The number of amides is 1. The van der Waals surface area contributed by atoms with Gasteiger partial charge in [-0.2, -0.15) is 0 Å². The molecule has 5 rings (SSSR count). The summed E-state index contributed by atoms with van der Waals surface area (Å²) in [6.45, 7) is 3.22. The maximum absolute atomic E-state index is 12.8. The maximum atomic E-state index is 12.8. The number of rotatable bonds is 7. The number of nitrogens with one attached hydrogen (secondary N) is 1. The lowest BCUT2D eigenvalue weighted by Crippen LogP contribution is -2.28. The molecule has 3 heterocycles. The van der Waals surface area contributed by atoms with Crippen molar-refractivity contribution in [1.29, 1.82) is 0 Å². The zero-order chi connectivity index (χ0) is 24.0. The molecule has 35 heavy (non-hydrogen) atoms. The van der Waals surface area contributed by atoms with Gasteiger partial charge in [-0.3, -0.25) is 14.3 Å². The minimum absolute atomic E-state index is 0.0971. The number of thioether (sulfide) groups is 1. The number of nitrogens with zero attached hydrogens (tertiary/aromatic N) is 4. The molecule has 178 valence electrons. The van der Waals surface area contributed by atoms with E-state index in [1.165, 1.54) is 11.8 Å². The van der Waals surface area contributed by atoms with Crippen molar-refractivity contribution in [3.63, 3.8) is 0 Å². The third kappa shape index (κ3) is 5.30. The molecule has 2 aromatic heterocycles. The molecule has 0 radical (unpaired) electrons. The van der Waals surface area contributed by atoms with Crippen LogP contribution in [0.25, 0.3) is 17.1 Å². The molecule has 2 aromatic carbocycles. The SMILES string of the molecule is CC(NC(=O)CSc1nnc(-c2cccnc2)n1-c1ccccc1)c1ccc2c(c1)OCCCO2. The van der Waals surface area contributed by atoms with Gasteiger partial charge in [0.1, 0.15) is 0 Å². The fraction of sp³-hybridized carbons (Fsp3) is 0.231. The molecule has 0 saturated heterocycles. The molecule has 9 heteroatoms. The number of carbonyl (C=O) groups excluding carboxylic acids is 1. The summed E-state index contributed by atoms with van der Waals surface area (Å²) in [7, 11) is 0. The number of fused-ring (bicyclic) bond motifs is 1. The smallest absolute Gasteiger partial charge is 0.230 e. The summed E-state index contributed by atoms with van der Waals surface area (Å²) in [6, 6.07) is 19.3. The van der Waals surface area contributed by atoms with E-state index in [9.17, 15) is 4.79 Å². The number of aromatic nitrogens is 4. The molecule has 0 saturated carbocycles. The Balaban J connectivity index is 1.29. The summed E-state index contributed by atoms with van der Waals surface area (Å²) < 4.78 is 13.4. The Kier molecular flexibility index (Phi) is 6.94. The second kappa shape index (κ2) is 10.6. The number of hydrogen-bond donors (Lipinski definition) is 1. The van der Waals surface area contributed by atoms with Crippen LogP contribution >= 0.6 is 11.8 Å². The van der Waals surface area contributed by atoms with E-state index in [4.69, 9.17) is 9.47 Å². The largest absolute Gasteiger partial charge is 0.490 e. The second-order valence-electron chi connectivity index (χ2n) is 8.05. The van der Waals surface area contributed by atoms with Gasteiger partial charge in [-0.15, -0.1) is 10.2 Å². The van der Waals surface area contributed by atoms with Crippen molar-refractivity contribution in [1.82, 2.24) is 25.1 Å². The van der Waals surface area contributed by atoms with Gasteiger partial charge in [0.25, 0.3) is 0 Å². The van der Waals surface area contributed by atoms with E-state index in [0.29, 0.717) is 24.2 Å².